The molecule has 7 heterocycles. The fourth-order valence-electron chi connectivity index (χ4n) is 10.6. The van der Waals surface area contributed by atoms with Crippen molar-refractivity contribution < 1.29 is 14.0 Å². The first-order chi connectivity index (χ1) is 36.3. The van der Waals surface area contributed by atoms with E-state index in [4.69, 9.17) is 54.7 Å². The van der Waals surface area contributed by atoms with Crippen molar-refractivity contribution in [3.8, 4) is 22.6 Å². The van der Waals surface area contributed by atoms with Gasteiger partial charge in [0.15, 0.2) is 11.3 Å². The van der Waals surface area contributed by atoms with E-state index in [2.05, 4.69) is 16.5 Å². The molecule has 76 heavy (non-hydrogen) atoms. The number of nitrogens with zero attached hydrogens (tertiary/aromatic N) is 12. The lowest BCUT2D eigenvalue weighted by molar-refractivity contribution is -0.127. The average Bonchev–Trinajstić information content (AvgIpc) is 3.39. The molecular weight excluding hydrogens is 1030 g/mol. The molecule has 394 valence electrons. The minimum absolute atomic E-state index is 0.0590. The zero-order chi connectivity index (χ0) is 54.4. The number of hydrogen-bond donors (Lipinski definition) is 0. The Kier molecular flexibility index (Phi) is 15.5. The first-order valence-corrected chi connectivity index (χ1v) is 26.5. The van der Waals surface area contributed by atoms with Gasteiger partial charge in [-0.15, -0.1) is 0 Å². The van der Waals surface area contributed by atoms with Crippen LogP contribution < -0.4 is 21.2 Å². The van der Waals surface area contributed by atoms with E-state index in [1.807, 2.05) is 89.5 Å². The lowest BCUT2D eigenvalue weighted by Gasteiger charge is -2.45. The Hall–Kier alpha value is -7.08. The molecular formula is C56H58Cl3FN12O4. The molecule has 2 aromatic carbocycles. The van der Waals surface area contributed by atoms with Crippen LogP contribution in [0.5, 0.6) is 0 Å². The van der Waals surface area contributed by atoms with Crippen molar-refractivity contribution in [2.75, 3.05) is 42.5 Å². The number of aromatic nitrogens is 8. The van der Waals surface area contributed by atoms with Gasteiger partial charge in [-0.25, -0.2) is 43.0 Å². The van der Waals surface area contributed by atoms with Crippen molar-refractivity contribution in [3.05, 3.63) is 151 Å². The van der Waals surface area contributed by atoms with Gasteiger partial charge in [-0.1, -0.05) is 112 Å². The maximum Gasteiger partial charge on any atom is 0.355 e. The largest absolute Gasteiger partial charge is 0.355 e. The van der Waals surface area contributed by atoms with E-state index < -0.39 is 17.2 Å². The van der Waals surface area contributed by atoms with Gasteiger partial charge in [0.25, 0.3) is 0 Å². The van der Waals surface area contributed by atoms with Crippen molar-refractivity contribution in [2.45, 2.75) is 97.7 Å². The summed E-state index contributed by atoms with van der Waals surface area (Å²) in [6.07, 6.45) is 6.42. The molecule has 0 radical (unpaired) electrons. The molecule has 2 fully saturated rings. The Morgan fingerprint density at radius 3 is 2.03 bits per heavy atom. The molecule has 9 rings (SSSR count). The molecule has 20 heteroatoms. The molecule has 0 spiro atoms. The molecule has 1 unspecified atom stereocenters. The Labute approximate surface area is 454 Å². The predicted molar refractivity (Wildman–Crippen MR) is 298 cm³/mol. The van der Waals surface area contributed by atoms with Crippen molar-refractivity contribution in [2.24, 2.45) is 0 Å². The number of amides is 2. The number of benzene rings is 2. The zero-order valence-corrected chi connectivity index (χ0v) is 45.8. The highest BCUT2D eigenvalue weighted by Gasteiger charge is 2.36. The van der Waals surface area contributed by atoms with Crippen LogP contribution in [-0.4, -0.2) is 112 Å². The number of piperazine rings is 2. The van der Waals surface area contributed by atoms with Gasteiger partial charge < -0.3 is 19.6 Å². The summed E-state index contributed by atoms with van der Waals surface area (Å²) in [4.78, 5) is 91.7. The van der Waals surface area contributed by atoms with Crippen molar-refractivity contribution in [3.63, 3.8) is 0 Å². The number of anilines is 2. The molecule has 16 nitrogen and oxygen atoms in total. The monoisotopic (exact) mass is 1090 g/mol. The number of allylic oxidation sites excluding steroid dienone is 1. The lowest BCUT2D eigenvalue weighted by Crippen LogP contribution is -2.58. The highest BCUT2D eigenvalue weighted by Crippen LogP contribution is 2.39. The minimum Gasteiger partial charge on any atom is -0.350 e. The maximum atomic E-state index is 15.6. The van der Waals surface area contributed by atoms with Gasteiger partial charge in [0.05, 0.1) is 49.3 Å². The normalized spacial score (nSPS) is 17.7. The Morgan fingerprint density at radius 1 is 0.724 bits per heavy atom. The van der Waals surface area contributed by atoms with Gasteiger partial charge in [-0.05, 0) is 87.1 Å². The summed E-state index contributed by atoms with van der Waals surface area (Å²) in [5, 5.41) is 1.39. The lowest BCUT2D eigenvalue weighted by atomic mass is 9.97. The number of pyridine rings is 2. The molecule has 0 aliphatic carbocycles. The number of para-hydroxylation sites is 1. The second kappa shape index (κ2) is 21.9. The van der Waals surface area contributed by atoms with Crippen LogP contribution >= 0.6 is 34.8 Å². The standard InChI is InChI=1S/C56H58Cl3FN12O4/c1-10-44(73)68-27-34(8)70(35(9)28-68)54-39-24-40(57)48(37-18-11-13-19-42(37)60)63-52(39)72(56(76)66-54)49-46(31(4)5)61-29-62-47(49)32(6)16-15-21-45(74)67-22-23-69(33(7)26-67)51-38-25-41(58)50(59)64-53(38)71(55(75)65-51)43-20-14-12-17-36(43)30(2)3/h10-15,17-21,24-25,29-35H,1,16,22-23,26-28H2,2-9H3/t32?,33-,34-,35-/m0/s1. The summed E-state index contributed by atoms with van der Waals surface area (Å²) in [6, 6.07) is 16.3. The summed E-state index contributed by atoms with van der Waals surface area (Å²) in [5.74, 6) is -0.730. The predicted octanol–water partition coefficient (Wildman–Crippen LogP) is 10.1. The number of carbonyl (C=O) groups excluding carboxylic acids is 2. The van der Waals surface area contributed by atoms with E-state index in [1.54, 1.807) is 52.3 Å². The SMILES string of the molecule is C=CC(=O)N1C[C@H](C)N(c2nc(=O)n(-c3c(C(C)C)ncnc3C(C)CC=CC(=O)N3CCN(c4nc(=O)n(-c5ccccc5C(C)C)c5nc(Cl)c(Cl)cc45)[C@@H](C)C3)c3nc(-c4ccccc4F)c(Cl)cc23)[C@@H](C)C1. The maximum absolute atomic E-state index is 15.6. The van der Waals surface area contributed by atoms with Crippen LogP contribution in [0, 0.1) is 5.82 Å². The molecule has 4 atom stereocenters. The molecule has 2 amide bonds. The van der Waals surface area contributed by atoms with E-state index >= 15 is 4.39 Å². The van der Waals surface area contributed by atoms with Crippen LogP contribution in [0.15, 0.2) is 101 Å². The first kappa shape index (κ1) is 53.7. The van der Waals surface area contributed by atoms with Gasteiger partial charge in [0.1, 0.15) is 28.9 Å². The third-order valence-electron chi connectivity index (χ3n) is 14.2. The fraction of sp³-hybridized carbons (Fsp3) is 0.357. The minimum atomic E-state index is -0.672. The zero-order valence-electron chi connectivity index (χ0n) is 43.5. The van der Waals surface area contributed by atoms with Gasteiger partial charge >= 0.3 is 11.4 Å². The molecule has 2 aliphatic rings. The van der Waals surface area contributed by atoms with Gasteiger partial charge in [0.2, 0.25) is 11.8 Å². The molecule has 0 N–H and O–H groups in total. The van der Waals surface area contributed by atoms with E-state index in [-0.39, 0.29) is 79.8 Å². The summed E-state index contributed by atoms with van der Waals surface area (Å²) in [7, 11) is 0. The van der Waals surface area contributed by atoms with Crippen LogP contribution in [0.2, 0.25) is 15.2 Å². The van der Waals surface area contributed by atoms with Gasteiger partial charge in [0, 0.05) is 62.3 Å². The van der Waals surface area contributed by atoms with Crippen LogP contribution in [0.3, 0.4) is 0 Å². The van der Waals surface area contributed by atoms with Crippen molar-refractivity contribution in [1.29, 1.82) is 0 Å². The van der Waals surface area contributed by atoms with Crippen molar-refractivity contribution in [1.82, 2.24) is 48.8 Å². The van der Waals surface area contributed by atoms with Crippen molar-refractivity contribution >= 4 is 80.3 Å². The molecule has 2 aliphatic heterocycles. The molecule has 7 aromatic rings. The van der Waals surface area contributed by atoms with E-state index in [9.17, 15) is 19.2 Å². The Bertz CT molecular complexity index is 3590. The summed E-state index contributed by atoms with van der Waals surface area (Å²) in [5.41, 5.74) is 2.58. The highest BCUT2D eigenvalue weighted by molar-refractivity contribution is 6.41. The third kappa shape index (κ3) is 10.1. The number of hydrogen-bond acceptors (Lipinski definition) is 12. The Morgan fingerprint density at radius 2 is 1.34 bits per heavy atom. The molecule has 0 bridgehead atoms. The molecule has 0 saturated carbocycles. The smallest absolute Gasteiger partial charge is 0.350 e. The van der Waals surface area contributed by atoms with E-state index in [0.29, 0.717) is 90.0 Å². The first-order valence-electron chi connectivity index (χ1n) is 25.3. The molecule has 2 saturated heterocycles. The second-order valence-electron chi connectivity index (χ2n) is 20.2. The van der Waals surface area contributed by atoms with Crippen LogP contribution in [0.1, 0.15) is 96.5 Å². The summed E-state index contributed by atoms with van der Waals surface area (Å²) < 4.78 is 18.4. The van der Waals surface area contributed by atoms with Crippen LogP contribution in [0.4, 0.5) is 16.0 Å². The fourth-order valence-corrected chi connectivity index (χ4v) is 11.1. The average molecular weight is 1090 g/mol. The highest BCUT2D eigenvalue weighted by atomic mass is 35.5. The van der Waals surface area contributed by atoms with E-state index in [0.717, 1.165) is 5.56 Å². The topological polar surface area (TPSA) is 168 Å². The molecule has 5 aromatic heterocycles. The second-order valence-corrected chi connectivity index (χ2v) is 21.4. The van der Waals surface area contributed by atoms with Gasteiger partial charge in [-0.3, -0.25) is 9.59 Å². The number of fused-ring (bicyclic) bond motifs is 2. The van der Waals surface area contributed by atoms with Gasteiger partial charge in [-0.2, -0.15) is 9.97 Å². The summed E-state index contributed by atoms with van der Waals surface area (Å²) in [6.45, 7) is 21.2. The quantitative estimate of drug-likeness (QED) is 0.0840. The van der Waals surface area contributed by atoms with Crippen LogP contribution in [-0.2, 0) is 9.59 Å². The third-order valence-corrected chi connectivity index (χ3v) is 15.2. The Balaban J connectivity index is 1.03. The van der Waals surface area contributed by atoms with E-state index in [1.165, 1.54) is 27.6 Å². The number of rotatable bonds is 12. The van der Waals surface area contributed by atoms with Crippen LogP contribution in [0.25, 0.3) is 44.7 Å². The summed E-state index contributed by atoms with van der Waals surface area (Å²) >= 11 is 20.1. The number of carbonyl (C=O) groups is 2. The number of halogens is 4.